The first-order chi connectivity index (χ1) is 14.9. The molecule has 4 fully saturated rings. The number of carbonyl (C=O) groups excluding carboxylic acids is 2. The van der Waals surface area contributed by atoms with E-state index in [4.69, 9.17) is 5.11 Å². The van der Waals surface area contributed by atoms with Gasteiger partial charge in [0.25, 0.3) is 0 Å². The normalized spacial score (nSPS) is 37.2. The Morgan fingerprint density at radius 3 is 2.52 bits per heavy atom. The summed E-state index contributed by atoms with van der Waals surface area (Å²) < 4.78 is 0. The van der Waals surface area contributed by atoms with Crippen LogP contribution in [0.1, 0.15) is 56.2 Å². The van der Waals surface area contributed by atoms with Crippen LogP contribution in [0.5, 0.6) is 0 Å². The molecule has 1 aromatic rings. The Labute approximate surface area is 188 Å². The number of amides is 2. The fourth-order valence-corrected chi connectivity index (χ4v) is 10.9. The Morgan fingerprint density at radius 1 is 1.10 bits per heavy atom. The Hall–Kier alpha value is -1.61. The number of aliphatic carboxylic acids is 1. The van der Waals surface area contributed by atoms with Crippen molar-refractivity contribution in [3.05, 3.63) is 14.5 Å². The number of hydrogen-bond acceptors (Lipinski definition) is 6. The van der Waals surface area contributed by atoms with Gasteiger partial charge in [-0.3, -0.25) is 24.1 Å². The fourth-order valence-electron chi connectivity index (χ4n) is 7.75. The van der Waals surface area contributed by atoms with E-state index in [0.717, 1.165) is 37.1 Å². The zero-order valence-corrected chi connectivity index (χ0v) is 18.8. The number of fused-ring (bicyclic) bond motifs is 11. The minimum atomic E-state index is -0.902. The van der Waals surface area contributed by atoms with Gasteiger partial charge in [0.2, 0.25) is 11.8 Å². The third kappa shape index (κ3) is 2.65. The Morgan fingerprint density at radius 2 is 1.81 bits per heavy atom. The van der Waals surface area contributed by atoms with Gasteiger partial charge in [-0.1, -0.05) is 30.6 Å². The van der Waals surface area contributed by atoms with Crippen molar-refractivity contribution in [3.63, 3.8) is 0 Å². The Bertz CT molecular complexity index is 1030. The van der Waals surface area contributed by atoms with Gasteiger partial charge in [0.1, 0.15) is 0 Å². The minimum absolute atomic E-state index is 0.00622. The average Bonchev–Trinajstić information content (AvgIpc) is 3.46. The van der Waals surface area contributed by atoms with Crippen LogP contribution in [-0.2, 0) is 19.8 Å². The molecule has 1 spiro atoms. The van der Waals surface area contributed by atoms with E-state index in [1.807, 2.05) is 0 Å². The molecule has 0 radical (unpaired) electrons. The van der Waals surface area contributed by atoms with Crippen LogP contribution < -0.4 is 4.87 Å². The minimum Gasteiger partial charge on any atom is -0.481 e. The SMILES string of the molecule is O=C(O)CCCN1C(=O)[C@@H]2[C@H]3C[C@@H]([C@@H]4Sc5[nH]c(=O)sc5C5(CCCCC5)[C@H]34)[C@H]2C1=O. The van der Waals surface area contributed by atoms with Gasteiger partial charge in [-0.2, -0.15) is 0 Å². The zero-order valence-electron chi connectivity index (χ0n) is 17.2. The molecule has 166 valence electrons. The molecular weight excluding hydrogens is 436 g/mol. The topological polar surface area (TPSA) is 108 Å². The van der Waals surface area contributed by atoms with Crippen LogP contribution in [-0.4, -0.2) is 44.6 Å². The van der Waals surface area contributed by atoms with Gasteiger partial charge in [-0.25, -0.2) is 0 Å². The number of carbonyl (C=O) groups is 3. The molecule has 2 N–H and O–H groups in total. The van der Waals surface area contributed by atoms with Crippen molar-refractivity contribution in [2.24, 2.45) is 29.6 Å². The van der Waals surface area contributed by atoms with Crippen LogP contribution in [0, 0.1) is 29.6 Å². The van der Waals surface area contributed by atoms with Gasteiger partial charge < -0.3 is 10.1 Å². The van der Waals surface area contributed by atoms with Crippen LogP contribution in [0.25, 0.3) is 0 Å². The monoisotopic (exact) mass is 462 g/mol. The average molecular weight is 463 g/mol. The van der Waals surface area contributed by atoms with Crippen LogP contribution in [0.3, 0.4) is 0 Å². The first-order valence-electron chi connectivity index (χ1n) is 11.4. The van der Waals surface area contributed by atoms with Gasteiger partial charge in [-0.05, 0) is 43.4 Å². The summed E-state index contributed by atoms with van der Waals surface area (Å²) in [5.41, 5.74) is -0.0300. The molecule has 6 rings (SSSR count). The number of thioether (sulfide) groups is 1. The molecule has 6 atom stereocenters. The number of carboxylic acids is 1. The third-order valence-electron chi connectivity index (χ3n) is 8.67. The van der Waals surface area contributed by atoms with Crippen LogP contribution >= 0.6 is 23.1 Å². The number of likely N-dealkylation sites (tertiary alicyclic amines) is 1. The van der Waals surface area contributed by atoms with Crippen molar-refractivity contribution in [1.29, 1.82) is 0 Å². The predicted octanol–water partition coefficient (Wildman–Crippen LogP) is 2.84. The number of aromatic amines is 1. The molecule has 7 nitrogen and oxygen atoms in total. The van der Waals surface area contributed by atoms with Crippen molar-refractivity contribution in [2.45, 2.75) is 67.1 Å². The standard InChI is InChI=1S/C22H26N2O5S2/c25-12(26)5-4-8-24-19(27)13-10-9-11(14(13)20(24)28)16-15(10)22(6-2-1-3-7-22)17-18(30-16)23-21(29)31-17/h10-11,13-16H,1-9H2,(H,23,29)(H,25,26)/t10-,11-,13-,14-,15-,16+/m1/s1. The van der Waals surface area contributed by atoms with Crippen molar-refractivity contribution in [2.75, 3.05) is 6.54 Å². The van der Waals surface area contributed by atoms with Crippen molar-refractivity contribution in [1.82, 2.24) is 9.88 Å². The van der Waals surface area contributed by atoms with Crippen molar-refractivity contribution in [3.8, 4) is 0 Å². The highest BCUT2D eigenvalue weighted by Crippen LogP contribution is 2.71. The second kappa shape index (κ2) is 6.94. The molecule has 1 saturated heterocycles. The molecule has 5 aliphatic rings. The van der Waals surface area contributed by atoms with Crippen molar-refractivity contribution < 1.29 is 19.5 Å². The highest BCUT2D eigenvalue weighted by Gasteiger charge is 2.71. The first-order valence-corrected chi connectivity index (χ1v) is 13.1. The lowest BCUT2D eigenvalue weighted by atomic mass is 9.57. The lowest BCUT2D eigenvalue weighted by Gasteiger charge is -2.52. The molecule has 31 heavy (non-hydrogen) atoms. The number of nitrogens with zero attached hydrogens (tertiary/aromatic N) is 1. The van der Waals surface area contributed by atoms with Gasteiger partial charge in [0, 0.05) is 28.5 Å². The number of carboxylic acid groups (broad SMARTS) is 1. The Kier molecular flexibility index (Phi) is 4.49. The fraction of sp³-hybridized carbons (Fsp3) is 0.727. The first kappa shape index (κ1) is 20.0. The van der Waals surface area contributed by atoms with Crippen LogP contribution in [0.2, 0.25) is 0 Å². The van der Waals surface area contributed by atoms with Crippen LogP contribution in [0.15, 0.2) is 9.82 Å². The second-order valence-corrected chi connectivity index (χ2v) is 12.1. The van der Waals surface area contributed by atoms with E-state index >= 15 is 0 Å². The maximum absolute atomic E-state index is 13.4. The maximum Gasteiger partial charge on any atom is 0.305 e. The van der Waals surface area contributed by atoms with Crippen molar-refractivity contribution >= 4 is 40.9 Å². The number of rotatable bonds is 4. The van der Waals surface area contributed by atoms with Gasteiger partial charge >= 0.3 is 10.8 Å². The van der Waals surface area contributed by atoms with Gasteiger partial charge in [0.15, 0.2) is 0 Å². The maximum atomic E-state index is 13.4. The van der Waals surface area contributed by atoms with Crippen LogP contribution in [0.4, 0.5) is 0 Å². The molecule has 1 aromatic heterocycles. The molecule has 3 aliphatic carbocycles. The summed E-state index contributed by atoms with van der Waals surface area (Å²) in [7, 11) is 0. The number of H-pyrrole nitrogens is 1. The van der Waals surface area contributed by atoms with Gasteiger partial charge in [0.05, 0.1) is 16.9 Å². The summed E-state index contributed by atoms with van der Waals surface area (Å²) >= 11 is 3.11. The molecule has 3 saturated carbocycles. The highest BCUT2D eigenvalue weighted by molar-refractivity contribution is 8.00. The molecule has 3 heterocycles. The molecule has 0 unspecified atom stereocenters. The van der Waals surface area contributed by atoms with E-state index in [-0.39, 0.29) is 64.0 Å². The largest absolute Gasteiger partial charge is 0.481 e. The Balaban J connectivity index is 1.36. The lowest BCUT2D eigenvalue weighted by molar-refractivity contribution is -0.142. The number of hydrogen-bond donors (Lipinski definition) is 2. The number of aromatic nitrogens is 1. The quantitative estimate of drug-likeness (QED) is 0.667. The summed E-state index contributed by atoms with van der Waals surface area (Å²) in [6.45, 7) is 0.213. The lowest BCUT2D eigenvalue weighted by Crippen LogP contribution is -2.51. The van der Waals surface area contributed by atoms with E-state index in [1.165, 1.54) is 27.5 Å². The zero-order chi connectivity index (χ0) is 21.5. The van der Waals surface area contributed by atoms with E-state index in [9.17, 15) is 19.2 Å². The predicted molar refractivity (Wildman–Crippen MR) is 115 cm³/mol. The summed E-state index contributed by atoms with van der Waals surface area (Å²) in [6.07, 6.45) is 6.87. The highest BCUT2D eigenvalue weighted by atomic mass is 32.2. The molecule has 0 aromatic carbocycles. The molecule has 2 amide bonds. The molecular formula is C22H26N2O5S2. The smallest absolute Gasteiger partial charge is 0.305 e. The molecule has 9 heteroatoms. The molecule has 2 aliphatic heterocycles. The third-order valence-corrected chi connectivity index (χ3v) is 11.4. The van der Waals surface area contributed by atoms with E-state index < -0.39 is 5.97 Å². The second-order valence-electron chi connectivity index (χ2n) is 9.94. The number of imide groups is 1. The summed E-state index contributed by atoms with van der Waals surface area (Å²) in [5, 5.41) is 10.2. The molecule has 2 bridgehead atoms. The van der Waals surface area contributed by atoms with E-state index in [2.05, 4.69) is 4.98 Å². The van der Waals surface area contributed by atoms with E-state index in [0.29, 0.717) is 12.3 Å². The summed E-state index contributed by atoms with van der Waals surface area (Å²) in [4.78, 5) is 55.4. The number of nitrogens with one attached hydrogen (secondary N) is 1. The number of thiazole rings is 1. The summed E-state index contributed by atoms with van der Waals surface area (Å²) in [6, 6.07) is 0. The van der Waals surface area contributed by atoms with Gasteiger partial charge in [-0.15, -0.1) is 11.8 Å². The summed E-state index contributed by atoms with van der Waals surface area (Å²) in [5.74, 6) is -0.869. The van der Waals surface area contributed by atoms with E-state index in [1.54, 1.807) is 11.8 Å².